The van der Waals surface area contributed by atoms with E-state index in [2.05, 4.69) is 23.5 Å². The molecule has 2 rings (SSSR count). The van der Waals surface area contributed by atoms with Crippen LogP contribution in [0, 0.1) is 0 Å². The van der Waals surface area contributed by atoms with Crippen LogP contribution in [0.4, 0.5) is 5.69 Å². The van der Waals surface area contributed by atoms with Gasteiger partial charge in [-0.1, -0.05) is 6.07 Å². The Kier molecular flexibility index (Phi) is 2.23. The van der Waals surface area contributed by atoms with Gasteiger partial charge in [0, 0.05) is 12.7 Å². The van der Waals surface area contributed by atoms with Crippen molar-refractivity contribution in [2.45, 2.75) is 25.4 Å². The molecule has 0 saturated heterocycles. The van der Waals surface area contributed by atoms with Crippen molar-refractivity contribution in [2.75, 3.05) is 12.4 Å². The predicted octanol–water partition coefficient (Wildman–Crippen LogP) is 1.58. The van der Waals surface area contributed by atoms with Crippen molar-refractivity contribution in [1.29, 1.82) is 0 Å². The normalized spacial score (nSPS) is 20.9. The largest absolute Gasteiger partial charge is 0.393 e. The third-order valence-corrected chi connectivity index (χ3v) is 2.70. The molecule has 1 aliphatic carbocycles. The van der Waals surface area contributed by atoms with E-state index in [4.69, 9.17) is 0 Å². The summed E-state index contributed by atoms with van der Waals surface area (Å²) in [5, 5.41) is 12.6. The van der Waals surface area contributed by atoms with Gasteiger partial charge in [-0.25, -0.2) is 0 Å². The van der Waals surface area contributed by atoms with E-state index in [1.807, 2.05) is 7.05 Å². The molecule has 2 N–H and O–H groups in total. The number of nitrogens with one attached hydrogen (secondary N) is 1. The number of hydrogen-bond acceptors (Lipinski definition) is 2. The van der Waals surface area contributed by atoms with Crippen LogP contribution in [-0.4, -0.2) is 18.3 Å². The van der Waals surface area contributed by atoms with Crippen LogP contribution in [0.3, 0.4) is 0 Å². The fraction of sp³-hybridized carbons (Fsp3) is 0.455. The molecule has 2 nitrogen and oxygen atoms in total. The fourth-order valence-corrected chi connectivity index (χ4v) is 1.89. The van der Waals surface area contributed by atoms with Gasteiger partial charge in [-0.05, 0) is 42.5 Å². The minimum absolute atomic E-state index is 0.139. The molecule has 0 aromatic heterocycles. The minimum Gasteiger partial charge on any atom is -0.393 e. The summed E-state index contributed by atoms with van der Waals surface area (Å²) in [5.41, 5.74) is 3.82. The SMILES string of the molecule is CNc1ccc2c(c1)CC(O)CC2. The summed E-state index contributed by atoms with van der Waals surface area (Å²) < 4.78 is 0. The molecule has 0 spiro atoms. The maximum atomic E-state index is 9.50. The van der Waals surface area contributed by atoms with Gasteiger partial charge in [0.25, 0.3) is 0 Å². The van der Waals surface area contributed by atoms with Gasteiger partial charge in [-0.3, -0.25) is 0 Å². The Hall–Kier alpha value is -1.02. The minimum atomic E-state index is -0.139. The van der Waals surface area contributed by atoms with E-state index >= 15 is 0 Å². The molecule has 0 bridgehead atoms. The Labute approximate surface area is 78.6 Å². The molecule has 70 valence electrons. The molecular weight excluding hydrogens is 162 g/mol. The summed E-state index contributed by atoms with van der Waals surface area (Å²) in [7, 11) is 1.92. The molecule has 0 heterocycles. The molecule has 1 aromatic carbocycles. The van der Waals surface area contributed by atoms with Crippen LogP contribution in [-0.2, 0) is 12.8 Å². The van der Waals surface area contributed by atoms with Gasteiger partial charge >= 0.3 is 0 Å². The van der Waals surface area contributed by atoms with Crippen LogP contribution in [0.1, 0.15) is 17.5 Å². The first-order chi connectivity index (χ1) is 6.29. The highest BCUT2D eigenvalue weighted by Crippen LogP contribution is 2.24. The molecule has 1 aliphatic rings. The van der Waals surface area contributed by atoms with E-state index in [9.17, 15) is 5.11 Å². The zero-order valence-corrected chi connectivity index (χ0v) is 7.88. The van der Waals surface area contributed by atoms with Crippen molar-refractivity contribution in [2.24, 2.45) is 0 Å². The lowest BCUT2D eigenvalue weighted by molar-refractivity contribution is 0.158. The van der Waals surface area contributed by atoms with E-state index in [1.54, 1.807) is 0 Å². The van der Waals surface area contributed by atoms with Crippen LogP contribution in [0.15, 0.2) is 18.2 Å². The number of fused-ring (bicyclic) bond motifs is 1. The van der Waals surface area contributed by atoms with Gasteiger partial charge in [0.05, 0.1) is 6.10 Å². The topological polar surface area (TPSA) is 32.3 Å². The van der Waals surface area contributed by atoms with Crippen LogP contribution >= 0.6 is 0 Å². The van der Waals surface area contributed by atoms with E-state index in [1.165, 1.54) is 11.1 Å². The molecular formula is C11H15NO. The Morgan fingerprint density at radius 2 is 2.23 bits per heavy atom. The fourth-order valence-electron chi connectivity index (χ4n) is 1.89. The molecule has 0 radical (unpaired) electrons. The smallest absolute Gasteiger partial charge is 0.0583 e. The van der Waals surface area contributed by atoms with Gasteiger partial charge in [-0.2, -0.15) is 0 Å². The predicted molar refractivity (Wildman–Crippen MR) is 54.0 cm³/mol. The average molecular weight is 177 g/mol. The summed E-state index contributed by atoms with van der Waals surface area (Å²) in [6.07, 6.45) is 2.59. The first-order valence-electron chi connectivity index (χ1n) is 4.77. The zero-order chi connectivity index (χ0) is 9.26. The highest BCUT2D eigenvalue weighted by atomic mass is 16.3. The number of hydrogen-bond donors (Lipinski definition) is 2. The second-order valence-electron chi connectivity index (χ2n) is 3.63. The number of aliphatic hydroxyl groups is 1. The molecule has 13 heavy (non-hydrogen) atoms. The molecule has 0 amide bonds. The monoisotopic (exact) mass is 177 g/mol. The summed E-state index contributed by atoms with van der Waals surface area (Å²) in [5.74, 6) is 0. The van der Waals surface area contributed by atoms with Gasteiger partial charge in [0.15, 0.2) is 0 Å². The molecule has 0 aliphatic heterocycles. The zero-order valence-electron chi connectivity index (χ0n) is 7.88. The third-order valence-electron chi connectivity index (χ3n) is 2.70. The second-order valence-corrected chi connectivity index (χ2v) is 3.63. The van der Waals surface area contributed by atoms with Gasteiger partial charge < -0.3 is 10.4 Å². The Morgan fingerprint density at radius 3 is 3.00 bits per heavy atom. The van der Waals surface area contributed by atoms with E-state index in [0.29, 0.717) is 0 Å². The third kappa shape index (κ3) is 1.68. The molecule has 0 saturated carbocycles. The summed E-state index contributed by atoms with van der Waals surface area (Å²) in [6, 6.07) is 6.39. The molecule has 0 fully saturated rings. The lowest BCUT2D eigenvalue weighted by Gasteiger charge is -2.21. The number of anilines is 1. The number of aryl methyl sites for hydroxylation is 1. The maximum absolute atomic E-state index is 9.50. The van der Waals surface area contributed by atoms with Crippen molar-refractivity contribution in [1.82, 2.24) is 0 Å². The lowest BCUT2D eigenvalue weighted by atomic mass is 9.89. The Bertz CT molecular complexity index is 309. The quantitative estimate of drug-likeness (QED) is 0.682. The van der Waals surface area contributed by atoms with E-state index < -0.39 is 0 Å². The van der Waals surface area contributed by atoms with Gasteiger partial charge in [0.2, 0.25) is 0 Å². The first kappa shape index (κ1) is 8.57. The standard InChI is InChI=1S/C11H15NO/c1-12-10-4-2-8-3-5-11(13)7-9(8)6-10/h2,4,6,11-13H,3,5,7H2,1H3. The Balaban J connectivity index is 2.32. The molecule has 1 atom stereocenters. The average Bonchev–Trinajstić information content (AvgIpc) is 2.16. The van der Waals surface area contributed by atoms with Gasteiger partial charge in [0.1, 0.15) is 0 Å². The number of benzene rings is 1. The van der Waals surface area contributed by atoms with Crippen LogP contribution in [0.25, 0.3) is 0 Å². The number of rotatable bonds is 1. The van der Waals surface area contributed by atoms with Crippen molar-refractivity contribution in [3.05, 3.63) is 29.3 Å². The van der Waals surface area contributed by atoms with Crippen LogP contribution in [0.5, 0.6) is 0 Å². The van der Waals surface area contributed by atoms with Crippen LogP contribution < -0.4 is 5.32 Å². The van der Waals surface area contributed by atoms with Crippen molar-refractivity contribution in [3.8, 4) is 0 Å². The maximum Gasteiger partial charge on any atom is 0.0583 e. The van der Waals surface area contributed by atoms with Crippen molar-refractivity contribution in [3.63, 3.8) is 0 Å². The van der Waals surface area contributed by atoms with E-state index in [-0.39, 0.29) is 6.10 Å². The molecule has 2 heteroatoms. The summed E-state index contributed by atoms with van der Waals surface area (Å²) in [6.45, 7) is 0. The highest BCUT2D eigenvalue weighted by molar-refractivity contribution is 5.49. The van der Waals surface area contributed by atoms with Gasteiger partial charge in [-0.15, -0.1) is 0 Å². The van der Waals surface area contributed by atoms with Crippen molar-refractivity contribution >= 4 is 5.69 Å². The molecule has 1 aromatic rings. The highest BCUT2D eigenvalue weighted by Gasteiger charge is 2.15. The number of aliphatic hydroxyl groups excluding tert-OH is 1. The summed E-state index contributed by atoms with van der Waals surface area (Å²) in [4.78, 5) is 0. The van der Waals surface area contributed by atoms with Crippen molar-refractivity contribution < 1.29 is 5.11 Å². The first-order valence-corrected chi connectivity index (χ1v) is 4.77. The Morgan fingerprint density at radius 1 is 1.38 bits per heavy atom. The second kappa shape index (κ2) is 3.38. The molecule has 1 unspecified atom stereocenters. The van der Waals surface area contributed by atoms with Crippen LogP contribution in [0.2, 0.25) is 0 Å². The summed E-state index contributed by atoms with van der Waals surface area (Å²) >= 11 is 0. The van der Waals surface area contributed by atoms with E-state index in [0.717, 1.165) is 24.9 Å². The lowest BCUT2D eigenvalue weighted by Crippen LogP contribution is -2.18.